The predicted octanol–water partition coefficient (Wildman–Crippen LogP) is 2.29. The third-order valence-corrected chi connectivity index (χ3v) is 2.90. The van der Waals surface area contributed by atoms with Crippen LogP contribution in [0.3, 0.4) is 0 Å². The van der Waals surface area contributed by atoms with Crippen LogP contribution in [0.15, 0.2) is 18.2 Å². The average Bonchev–Trinajstić information content (AvgIpc) is 2.36. The Labute approximate surface area is 108 Å². The number of nitrogens with one attached hydrogen (secondary N) is 1. The molecular weight excluding hydrogens is 230 g/mol. The number of hydrogen-bond acceptors (Lipinski definition) is 4. The Kier molecular flexibility index (Phi) is 5.65. The van der Waals surface area contributed by atoms with E-state index in [2.05, 4.69) is 5.32 Å². The lowest BCUT2D eigenvalue weighted by Crippen LogP contribution is -2.32. The second-order valence-corrected chi connectivity index (χ2v) is 4.27. The van der Waals surface area contributed by atoms with Crippen LogP contribution < -0.4 is 5.32 Å². The van der Waals surface area contributed by atoms with E-state index in [0.29, 0.717) is 13.0 Å². The maximum Gasteiger partial charge on any atom is 0.328 e. The molecule has 4 nitrogen and oxygen atoms in total. The number of rotatable bonds is 6. The van der Waals surface area contributed by atoms with Gasteiger partial charge in [-0.25, -0.2) is 4.79 Å². The number of benzene rings is 1. The summed E-state index contributed by atoms with van der Waals surface area (Å²) in [6, 6.07) is 5.65. The fourth-order valence-electron chi connectivity index (χ4n) is 1.84. The maximum atomic E-state index is 11.7. The van der Waals surface area contributed by atoms with Gasteiger partial charge in [-0.1, -0.05) is 18.2 Å². The molecule has 1 atom stereocenters. The number of hydrogen-bond donors (Lipinski definition) is 1. The van der Waals surface area contributed by atoms with Crippen molar-refractivity contribution in [3.63, 3.8) is 0 Å². The summed E-state index contributed by atoms with van der Waals surface area (Å²) in [6.45, 7) is 4.54. The zero-order valence-corrected chi connectivity index (χ0v) is 11.4. The summed E-state index contributed by atoms with van der Waals surface area (Å²) < 4.78 is 9.82. The third-order valence-electron chi connectivity index (χ3n) is 2.90. The number of methoxy groups -OCH3 is 2. The molecule has 0 bridgehead atoms. The van der Waals surface area contributed by atoms with Crippen LogP contribution in [0.5, 0.6) is 0 Å². The van der Waals surface area contributed by atoms with Gasteiger partial charge in [0, 0.05) is 25.8 Å². The topological polar surface area (TPSA) is 47.6 Å². The Hall–Kier alpha value is -1.55. The molecule has 0 saturated heterocycles. The van der Waals surface area contributed by atoms with Gasteiger partial charge in [0.1, 0.15) is 6.04 Å². The van der Waals surface area contributed by atoms with Crippen molar-refractivity contribution in [3.8, 4) is 0 Å². The van der Waals surface area contributed by atoms with Crippen molar-refractivity contribution in [3.05, 3.63) is 29.3 Å². The van der Waals surface area contributed by atoms with E-state index >= 15 is 0 Å². The first kappa shape index (κ1) is 14.5. The Morgan fingerprint density at radius 1 is 1.28 bits per heavy atom. The molecule has 18 heavy (non-hydrogen) atoms. The van der Waals surface area contributed by atoms with Crippen LogP contribution >= 0.6 is 0 Å². The SMILES string of the molecule is COCCC(Nc1c(C)cccc1C)C(=O)OC. The monoisotopic (exact) mass is 251 g/mol. The average molecular weight is 251 g/mol. The summed E-state index contributed by atoms with van der Waals surface area (Å²) in [5, 5.41) is 3.25. The summed E-state index contributed by atoms with van der Waals surface area (Å²) in [6.07, 6.45) is 0.580. The summed E-state index contributed by atoms with van der Waals surface area (Å²) in [5.74, 6) is -0.269. The Bertz CT molecular complexity index is 384. The Balaban J connectivity index is 2.85. The summed E-state index contributed by atoms with van der Waals surface area (Å²) in [4.78, 5) is 11.7. The standard InChI is InChI=1S/C14H21NO3/c1-10-6-5-7-11(2)13(10)15-12(8-9-17-3)14(16)18-4/h5-7,12,15H,8-9H2,1-4H3. The maximum absolute atomic E-state index is 11.7. The Morgan fingerprint density at radius 2 is 1.89 bits per heavy atom. The van der Waals surface area contributed by atoms with Gasteiger partial charge in [0.25, 0.3) is 0 Å². The lowest BCUT2D eigenvalue weighted by molar-refractivity contribution is -0.141. The molecule has 1 aromatic rings. The van der Waals surface area contributed by atoms with Crippen LogP contribution in [-0.2, 0) is 14.3 Å². The largest absolute Gasteiger partial charge is 0.467 e. The highest BCUT2D eigenvalue weighted by atomic mass is 16.5. The molecule has 0 radical (unpaired) electrons. The summed E-state index contributed by atoms with van der Waals surface area (Å²) >= 11 is 0. The Morgan fingerprint density at radius 3 is 2.39 bits per heavy atom. The van der Waals surface area contributed by atoms with Gasteiger partial charge in [-0.15, -0.1) is 0 Å². The van der Waals surface area contributed by atoms with Crippen LogP contribution in [0.1, 0.15) is 17.5 Å². The molecule has 4 heteroatoms. The number of anilines is 1. The molecule has 0 amide bonds. The van der Waals surface area contributed by atoms with Crippen LogP contribution in [-0.4, -0.2) is 32.8 Å². The number of aryl methyl sites for hydroxylation is 2. The van der Waals surface area contributed by atoms with Gasteiger partial charge in [0.2, 0.25) is 0 Å². The van der Waals surface area contributed by atoms with Gasteiger partial charge in [0.15, 0.2) is 0 Å². The van der Waals surface area contributed by atoms with Gasteiger partial charge >= 0.3 is 5.97 Å². The zero-order chi connectivity index (χ0) is 13.5. The highest BCUT2D eigenvalue weighted by Crippen LogP contribution is 2.21. The highest BCUT2D eigenvalue weighted by Gasteiger charge is 2.19. The van der Waals surface area contributed by atoms with Crippen molar-refractivity contribution >= 4 is 11.7 Å². The molecular formula is C14H21NO3. The minimum absolute atomic E-state index is 0.269. The van der Waals surface area contributed by atoms with E-state index in [0.717, 1.165) is 16.8 Å². The molecule has 0 aliphatic heterocycles. The molecule has 1 rings (SSSR count). The molecule has 0 fully saturated rings. The van der Waals surface area contributed by atoms with E-state index in [-0.39, 0.29) is 12.0 Å². The fraction of sp³-hybridized carbons (Fsp3) is 0.500. The molecule has 100 valence electrons. The van der Waals surface area contributed by atoms with Crippen molar-refractivity contribution < 1.29 is 14.3 Å². The first-order valence-electron chi connectivity index (χ1n) is 5.99. The molecule has 0 aliphatic carbocycles. The van der Waals surface area contributed by atoms with Crippen molar-refractivity contribution in [1.82, 2.24) is 0 Å². The lowest BCUT2D eigenvalue weighted by Gasteiger charge is -2.20. The van der Waals surface area contributed by atoms with E-state index in [4.69, 9.17) is 9.47 Å². The van der Waals surface area contributed by atoms with Crippen molar-refractivity contribution in [2.45, 2.75) is 26.3 Å². The van der Waals surface area contributed by atoms with E-state index in [1.807, 2.05) is 32.0 Å². The molecule has 1 aromatic carbocycles. The van der Waals surface area contributed by atoms with Crippen LogP contribution in [0.4, 0.5) is 5.69 Å². The molecule has 0 heterocycles. The molecule has 0 aliphatic rings. The molecule has 1 unspecified atom stereocenters. The fourth-order valence-corrected chi connectivity index (χ4v) is 1.84. The molecule has 0 spiro atoms. The van der Waals surface area contributed by atoms with E-state index in [1.54, 1.807) is 7.11 Å². The van der Waals surface area contributed by atoms with Gasteiger partial charge in [0.05, 0.1) is 7.11 Å². The molecule has 0 saturated carbocycles. The van der Waals surface area contributed by atoms with Gasteiger partial charge in [-0.05, 0) is 25.0 Å². The van der Waals surface area contributed by atoms with E-state index in [1.165, 1.54) is 7.11 Å². The minimum atomic E-state index is -0.380. The predicted molar refractivity (Wildman–Crippen MR) is 71.8 cm³/mol. The number of esters is 1. The summed E-state index contributed by atoms with van der Waals surface area (Å²) in [7, 11) is 3.02. The highest BCUT2D eigenvalue weighted by molar-refractivity contribution is 5.80. The number of carbonyl (C=O) groups is 1. The summed E-state index contributed by atoms with van der Waals surface area (Å²) in [5.41, 5.74) is 3.21. The smallest absolute Gasteiger partial charge is 0.328 e. The van der Waals surface area contributed by atoms with Gasteiger partial charge < -0.3 is 14.8 Å². The lowest BCUT2D eigenvalue weighted by atomic mass is 10.1. The van der Waals surface area contributed by atoms with Gasteiger partial charge in [-0.2, -0.15) is 0 Å². The van der Waals surface area contributed by atoms with Crippen LogP contribution in [0.2, 0.25) is 0 Å². The molecule has 1 N–H and O–H groups in total. The number of ether oxygens (including phenoxy) is 2. The quantitative estimate of drug-likeness (QED) is 0.788. The second kappa shape index (κ2) is 7.01. The minimum Gasteiger partial charge on any atom is -0.467 e. The number of carbonyl (C=O) groups excluding carboxylic acids is 1. The third kappa shape index (κ3) is 3.74. The first-order chi connectivity index (χ1) is 8.60. The molecule has 0 aromatic heterocycles. The van der Waals surface area contributed by atoms with Crippen molar-refractivity contribution in [2.75, 3.05) is 26.1 Å². The number of para-hydroxylation sites is 1. The van der Waals surface area contributed by atoms with Crippen molar-refractivity contribution in [2.24, 2.45) is 0 Å². The van der Waals surface area contributed by atoms with E-state index < -0.39 is 0 Å². The normalized spacial score (nSPS) is 12.0. The van der Waals surface area contributed by atoms with Crippen molar-refractivity contribution in [1.29, 1.82) is 0 Å². The van der Waals surface area contributed by atoms with Crippen LogP contribution in [0, 0.1) is 13.8 Å². The van der Waals surface area contributed by atoms with E-state index in [9.17, 15) is 4.79 Å². The van der Waals surface area contributed by atoms with Gasteiger partial charge in [-0.3, -0.25) is 0 Å². The van der Waals surface area contributed by atoms with Crippen LogP contribution in [0.25, 0.3) is 0 Å². The second-order valence-electron chi connectivity index (χ2n) is 4.27. The zero-order valence-electron chi connectivity index (χ0n) is 11.4. The first-order valence-corrected chi connectivity index (χ1v) is 5.99.